The minimum atomic E-state index is -4.29. The van der Waals surface area contributed by atoms with Crippen molar-refractivity contribution in [2.45, 2.75) is 155 Å². The minimum absolute atomic E-state index is 0.0104. The molecule has 0 heterocycles. The number of carbonyl (C=O) groups excluding carboxylic acids is 2. The zero-order valence-corrected chi connectivity index (χ0v) is 32.4. The van der Waals surface area contributed by atoms with Gasteiger partial charge in [-0.2, -0.15) is 0 Å². The van der Waals surface area contributed by atoms with Crippen LogP contribution >= 0.6 is 7.82 Å². The van der Waals surface area contributed by atoms with Gasteiger partial charge in [0, 0.05) is 12.8 Å². The van der Waals surface area contributed by atoms with Crippen LogP contribution in [0.25, 0.3) is 0 Å². The van der Waals surface area contributed by atoms with Gasteiger partial charge in [-0.3, -0.25) is 18.6 Å². The number of allylic oxidation sites excluding steroid dienone is 12. The monoisotopic (exact) mass is 720 g/mol. The largest absolute Gasteiger partial charge is 0.472 e. The fourth-order valence-corrected chi connectivity index (χ4v) is 5.53. The van der Waals surface area contributed by atoms with Crippen molar-refractivity contribution in [1.82, 2.24) is 0 Å². The Hall–Kier alpha value is -2.51. The molecule has 0 saturated heterocycles. The highest BCUT2D eigenvalue weighted by Gasteiger charge is 2.25. The van der Waals surface area contributed by atoms with Crippen LogP contribution in [0.5, 0.6) is 0 Å². The van der Waals surface area contributed by atoms with Crippen LogP contribution < -0.4 is 0 Å². The van der Waals surface area contributed by atoms with Gasteiger partial charge in [-0.1, -0.05) is 125 Å². The summed E-state index contributed by atoms with van der Waals surface area (Å²) in [6.07, 6.45) is 43.8. The summed E-state index contributed by atoms with van der Waals surface area (Å²) in [7, 11) is -4.29. The van der Waals surface area contributed by atoms with Crippen molar-refractivity contribution in [1.29, 1.82) is 0 Å². The van der Waals surface area contributed by atoms with Crippen LogP contribution in [0.1, 0.15) is 149 Å². The first-order valence-electron chi connectivity index (χ1n) is 19.2. The Morgan fingerprint density at radius 3 is 1.46 bits per heavy atom. The van der Waals surface area contributed by atoms with Gasteiger partial charge in [-0.15, -0.1) is 0 Å². The molecular formula is C41H69O8P. The van der Waals surface area contributed by atoms with Gasteiger partial charge >= 0.3 is 19.8 Å². The molecule has 50 heavy (non-hydrogen) atoms. The summed E-state index contributed by atoms with van der Waals surface area (Å²) in [6.45, 7) is 5.17. The predicted molar refractivity (Wildman–Crippen MR) is 207 cm³/mol. The maximum atomic E-state index is 12.5. The third kappa shape index (κ3) is 35.3. The van der Waals surface area contributed by atoms with Crippen LogP contribution in [-0.4, -0.2) is 42.8 Å². The molecule has 0 aromatic rings. The van der Waals surface area contributed by atoms with E-state index < -0.39 is 32.5 Å². The van der Waals surface area contributed by atoms with Gasteiger partial charge in [0.15, 0.2) is 6.10 Å². The molecule has 0 aliphatic heterocycles. The zero-order valence-electron chi connectivity index (χ0n) is 31.5. The lowest BCUT2D eigenvalue weighted by molar-refractivity contribution is -0.161. The second kappa shape index (κ2) is 36.3. The van der Waals surface area contributed by atoms with Crippen LogP contribution in [0.3, 0.4) is 0 Å². The molecule has 8 nitrogen and oxygen atoms in total. The number of hydrogen-bond acceptors (Lipinski definition) is 7. The molecule has 2 atom stereocenters. The number of unbranched alkanes of at least 4 members (excludes halogenated alkanes) is 10. The molecule has 0 aliphatic rings. The van der Waals surface area contributed by atoms with E-state index in [1.807, 2.05) is 0 Å². The van der Waals surface area contributed by atoms with E-state index in [2.05, 4.69) is 86.8 Å². The molecular weight excluding hydrogens is 651 g/mol. The molecule has 0 spiro atoms. The highest BCUT2D eigenvalue weighted by Crippen LogP contribution is 2.43. The van der Waals surface area contributed by atoms with Crippen LogP contribution in [0.2, 0.25) is 0 Å². The molecule has 0 radical (unpaired) electrons. The fraction of sp³-hybridized carbons (Fsp3) is 0.659. The summed E-state index contributed by atoms with van der Waals surface area (Å²) in [5.74, 6) is -0.852. The second-order valence-electron chi connectivity index (χ2n) is 12.2. The van der Waals surface area contributed by atoms with Crippen molar-refractivity contribution in [3.63, 3.8) is 0 Å². The molecule has 2 unspecified atom stereocenters. The second-order valence-corrected chi connectivity index (χ2v) is 13.6. The molecule has 1 N–H and O–H groups in total. The Labute approximate surface area is 304 Å². The molecule has 9 heteroatoms. The van der Waals surface area contributed by atoms with E-state index in [9.17, 15) is 19.0 Å². The topological polar surface area (TPSA) is 108 Å². The van der Waals surface area contributed by atoms with Gasteiger partial charge in [0.25, 0.3) is 0 Å². The Kier molecular flexibility index (Phi) is 34.5. The fourth-order valence-electron chi connectivity index (χ4n) is 4.77. The molecule has 0 aromatic carbocycles. The summed E-state index contributed by atoms with van der Waals surface area (Å²) in [5.41, 5.74) is 0. The summed E-state index contributed by atoms with van der Waals surface area (Å²) >= 11 is 0. The summed E-state index contributed by atoms with van der Waals surface area (Å²) < 4.78 is 32.5. The van der Waals surface area contributed by atoms with Crippen molar-refractivity contribution < 1.29 is 37.6 Å². The molecule has 286 valence electrons. The van der Waals surface area contributed by atoms with Crippen LogP contribution in [-0.2, 0) is 32.7 Å². The first kappa shape index (κ1) is 47.5. The maximum Gasteiger partial charge on any atom is 0.472 e. The van der Waals surface area contributed by atoms with E-state index >= 15 is 0 Å². The highest BCUT2D eigenvalue weighted by atomic mass is 31.2. The molecule has 0 aromatic heterocycles. The molecule has 0 amide bonds. The quantitative estimate of drug-likeness (QED) is 0.0303. The van der Waals surface area contributed by atoms with Crippen molar-refractivity contribution >= 4 is 19.8 Å². The normalized spacial score (nSPS) is 14.2. The Morgan fingerprint density at radius 1 is 0.540 bits per heavy atom. The molecule has 0 bridgehead atoms. The van der Waals surface area contributed by atoms with Gasteiger partial charge in [0.1, 0.15) is 6.61 Å². The highest BCUT2D eigenvalue weighted by molar-refractivity contribution is 7.47. The number of esters is 2. The van der Waals surface area contributed by atoms with Gasteiger partial charge < -0.3 is 14.4 Å². The molecule has 0 rings (SSSR count). The van der Waals surface area contributed by atoms with Gasteiger partial charge in [0.2, 0.25) is 0 Å². The SMILES string of the molecule is CC/C=C\C/C=C\C/C=C\CCCCCCCCCC(=O)OC(COC(=O)CCCCC/C=C\C/C=C\C/C=C\CC)COP(=O)(O)OCC. The summed E-state index contributed by atoms with van der Waals surface area (Å²) in [5, 5.41) is 0. The van der Waals surface area contributed by atoms with E-state index in [0.29, 0.717) is 12.8 Å². The van der Waals surface area contributed by atoms with Gasteiger partial charge in [-0.05, 0) is 84.0 Å². The van der Waals surface area contributed by atoms with Crippen LogP contribution in [0.15, 0.2) is 72.9 Å². The van der Waals surface area contributed by atoms with E-state index in [-0.39, 0.29) is 26.1 Å². The first-order chi connectivity index (χ1) is 24.3. The number of phosphoric ester groups is 1. The smallest absolute Gasteiger partial charge is 0.462 e. The van der Waals surface area contributed by atoms with Crippen molar-refractivity contribution in [3.8, 4) is 0 Å². The minimum Gasteiger partial charge on any atom is -0.462 e. The number of rotatable bonds is 34. The average molecular weight is 721 g/mol. The first-order valence-corrected chi connectivity index (χ1v) is 20.7. The van der Waals surface area contributed by atoms with Crippen LogP contribution in [0, 0.1) is 0 Å². The lowest BCUT2D eigenvalue weighted by Crippen LogP contribution is -2.29. The van der Waals surface area contributed by atoms with E-state index in [1.165, 1.54) is 19.3 Å². The average Bonchev–Trinajstić information content (AvgIpc) is 3.09. The Morgan fingerprint density at radius 2 is 0.960 bits per heavy atom. The predicted octanol–water partition coefficient (Wildman–Crippen LogP) is 11.8. The zero-order chi connectivity index (χ0) is 36.8. The summed E-state index contributed by atoms with van der Waals surface area (Å²) in [4.78, 5) is 34.6. The maximum absolute atomic E-state index is 12.5. The standard InChI is InChI=1S/C41H69O8P/c1-4-7-9-11-13-15-17-19-20-21-22-24-26-28-30-32-34-36-41(43)49-39(38-48-50(44,45)47-6-3)37-46-40(42)35-33-31-29-27-25-23-18-16-14-12-10-8-5-2/h7-10,13-16,19-20,23,25,39H,4-6,11-12,17-18,21-22,24,26-38H2,1-3H3,(H,44,45)/b9-7-,10-8-,15-13-,16-14-,20-19-,25-23-. The van der Waals surface area contributed by atoms with E-state index in [4.69, 9.17) is 18.5 Å². The van der Waals surface area contributed by atoms with E-state index in [0.717, 1.165) is 83.5 Å². The molecule has 0 fully saturated rings. The van der Waals surface area contributed by atoms with Crippen LogP contribution in [0.4, 0.5) is 0 Å². The number of carbonyl (C=O) groups is 2. The van der Waals surface area contributed by atoms with Crippen molar-refractivity contribution in [2.75, 3.05) is 19.8 Å². The Balaban J connectivity index is 4.21. The molecule has 0 aliphatic carbocycles. The Bertz CT molecular complexity index is 1040. The molecule has 0 saturated carbocycles. The lowest BCUT2D eigenvalue weighted by atomic mass is 10.1. The van der Waals surface area contributed by atoms with E-state index in [1.54, 1.807) is 6.92 Å². The van der Waals surface area contributed by atoms with Crippen molar-refractivity contribution in [3.05, 3.63) is 72.9 Å². The van der Waals surface area contributed by atoms with Gasteiger partial charge in [0.05, 0.1) is 13.2 Å². The van der Waals surface area contributed by atoms with Crippen molar-refractivity contribution in [2.24, 2.45) is 0 Å². The third-order valence-electron chi connectivity index (χ3n) is 7.51. The lowest BCUT2D eigenvalue weighted by Gasteiger charge is -2.19. The third-order valence-corrected chi connectivity index (χ3v) is 8.57. The number of phosphoric acid groups is 1. The van der Waals surface area contributed by atoms with Gasteiger partial charge in [-0.25, -0.2) is 4.57 Å². The number of ether oxygens (including phenoxy) is 2. The summed E-state index contributed by atoms with van der Waals surface area (Å²) in [6, 6.07) is 0. The number of hydrogen-bond donors (Lipinski definition) is 1.